The van der Waals surface area contributed by atoms with Crippen LogP contribution in [0.4, 0.5) is 5.13 Å². The van der Waals surface area contributed by atoms with Crippen molar-refractivity contribution in [2.45, 2.75) is 0 Å². The molecule has 1 heterocycles. The minimum absolute atomic E-state index is 0.309. The average Bonchev–Trinajstić information content (AvgIpc) is 2.97. The van der Waals surface area contributed by atoms with Gasteiger partial charge in [0.25, 0.3) is 5.91 Å². The normalized spacial score (nSPS) is 11.5. The second kappa shape index (κ2) is 6.82. The van der Waals surface area contributed by atoms with Crippen LogP contribution in [0.1, 0.15) is 5.56 Å². The van der Waals surface area contributed by atoms with Crippen LogP contribution >= 0.6 is 22.9 Å². The van der Waals surface area contributed by atoms with Crippen LogP contribution in [0.3, 0.4) is 0 Å². The molecule has 3 aromatic rings. The van der Waals surface area contributed by atoms with Gasteiger partial charge in [0.2, 0.25) is 5.78 Å². The number of halogens is 1. The van der Waals surface area contributed by atoms with Gasteiger partial charge in [-0.15, -0.1) is 0 Å². The number of amides is 1. The number of fused-ring (bicyclic) bond motifs is 1. The summed E-state index contributed by atoms with van der Waals surface area (Å²) in [5.41, 5.74) is 1.13. The van der Waals surface area contributed by atoms with Crippen molar-refractivity contribution in [3.05, 3.63) is 65.2 Å². The number of anilines is 1. The highest BCUT2D eigenvalue weighted by Gasteiger charge is 2.15. The van der Waals surface area contributed by atoms with E-state index in [0.717, 1.165) is 16.3 Å². The number of aliphatic hydroxyl groups is 1. The van der Waals surface area contributed by atoms with Crippen LogP contribution in [-0.4, -0.2) is 21.8 Å². The lowest BCUT2D eigenvalue weighted by Gasteiger charge is -2.01. The Labute approximate surface area is 146 Å². The van der Waals surface area contributed by atoms with Crippen molar-refractivity contribution in [1.29, 1.82) is 0 Å². The first-order valence-electron chi connectivity index (χ1n) is 6.90. The number of aliphatic hydroxyl groups excluding tert-OH is 1. The number of hydrogen-bond acceptors (Lipinski definition) is 5. The summed E-state index contributed by atoms with van der Waals surface area (Å²) in [5, 5.41) is 13.2. The molecule has 0 fully saturated rings. The van der Waals surface area contributed by atoms with Gasteiger partial charge in [0.05, 0.1) is 10.2 Å². The number of thiazole rings is 1. The third-order valence-corrected chi connectivity index (χ3v) is 4.35. The maximum atomic E-state index is 11.9. The Morgan fingerprint density at radius 3 is 2.54 bits per heavy atom. The third-order valence-electron chi connectivity index (χ3n) is 3.15. The lowest BCUT2D eigenvalue weighted by Crippen LogP contribution is -2.21. The highest BCUT2D eigenvalue weighted by Crippen LogP contribution is 2.25. The summed E-state index contributed by atoms with van der Waals surface area (Å²) in [6, 6.07) is 13.6. The topological polar surface area (TPSA) is 79.3 Å². The summed E-state index contributed by atoms with van der Waals surface area (Å²) in [5.74, 6) is -2.05. The Morgan fingerprint density at radius 2 is 1.83 bits per heavy atom. The quantitative estimate of drug-likeness (QED) is 0.419. The molecule has 120 valence electrons. The lowest BCUT2D eigenvalue weighted by atomic mass is 10.1. The van der Waals surface area contributed by atoms with Gasteiger partial charge in [-0.2, -0.15) is 0 Å². The van der Waals surface area contributed by atoms with E-state index >= 15 is 0 Å². The zero-order chi connectivity index (χ0) is 17.1. The van der Waals surface area contributed by atoms with Gasteiger partial charge in [0.15, 0.2) is 5.13 Å². The van der Waals surface area contributed by atoms with Crippen molar-refractivity contribution in [3.8, 4) is 0 Å². The van der Waals surface area contributed by atoms with E-state index in [1.165, 1.54) is 11.3 Å². The van der Waals surface area contributed by atoms with E-state index in [9.17, 15) is 14.7 Å². The molecule has 0 saturated heterocycles. The van der Waals surface area contributed by atoms with Crippen LogP contribution in [0.25, 0.3) is 16.0 Å². The number of nitrogens with zero attached hydrogens (tertiary/aromatic N) is 1. The van der Waals surface area contributed by atoms with Crippen molar-refractivity contribution < 1.29 is 14.7 Å². The fraction of sp³-hybridized carbons (Fsp3) is 0. The molecule has 0 bridgehead atoms. The molecule has 0 atom stereocenters. The number of benzene rings is 2. The summed E-state index contributed by atoms with van der Waals surface area (Å²) in [7, 11) is 0. The van der Waals surface area contributed by atoms with Crippen LogP contribution in [0.15, 0.2) is 54.6 Å². The zero-order valence-corrected chi connectivity index (χ0v) is 13.8. The molecule has 2 aromatic carbocycles. The average molecular weight is 359 g/mol. The van der Waals surface area contributed by atoms with E-state index in [0.29, 0.717) is 15.7 Å². The van der Waals surface area contributed by atoms with Gasteiger partial charge in [-0.25, -0.2) is 4.98 Å². The second-order valence-corrected chi connectivity index (χ2v) is 6.31. The molecule has 0 aliphatic carbocycles. The van der Waals surface area contributed by atoms with E-state index in [1.54, 1.807) is 24.3 Å². The van der Waals surface area contributed by atoms with Crippen LogP contribution in [0.5, 0.6) is 0 Å². The van der Waals surface area contributed by atoms with E-state index < -0.39 is 11.7 Å². The fourth-order valence-corrected chi connectivity index (χ4v) is 2.96. The molecular formula is C17H11ClN2O3S. The Morgan fingerprint density at radius 1 is 1.12 bits per heavy atom. The number of aromatic nitrogens is 1. The Hall–Kier alpha value is -2.70. The van der Waals surface area contributed by atoms with Crippen molar-refractivity contribution >= 4 is 55.7 Å². The molecule has 0 aliphatic rings. The van der Waals surface area contributed by atoms with Gasteiger partial charge in [0.1, 0.15) is 5.76 Å². The van der Waals surface area contributed by atoms with E-state index in [2.05, 4.69) is 10.3 Å². The van der Waals surface area contributed by atoms with Crippen molar-refractivity contribution in [1.82, 2.24) is 4.98 Å². The number of carbonyl (C=O) groups excluding carboxylic acids is 2. The molecule has 2 N–H and O–H groups in total. The molecular weight excluding hydrogens is 348 g/mol. The van der Waals surface area contributed by atoms with Crippen molar-refractivity contribution in [2.24, 2.45) is 0 Å². The SMILES string of the molecule is O=C(C=C(O)c1ccc(Cl)cc1)C(=O)Nc1nc2ccccc2s1. The number of nitrogens with one attached hydrogen (secondary N) is 1. The molecule has 1 aromatic heterocycles. The molecule has 24 heavy (non-hydrogen) atoms. The molecule has 0 unspecified atom stereocenters. The van der Waals surface area contributed by atoms with E-state index in [1.807, 2.05) is 24.3 Å². The van der Waals surface area contributed by atoms with E-state index in [4.69, 9.17) is 11.6 Å². The van der Waals surface area contributed by atoms with Crippen LogP contribution < -0.4 is 5.32 Å². The maximum Gasteiger partial charge on any atom is 0.298 e. The first-order chi connectivity index (χ1) is 11.5. The first-order valence-corrected chi connectivity index (χ1v) is 8.10. The van der Waals surface area contributed by atoms with Gasteiger partial charge in [-0.1, -0.05) is 35.1 Å². The first kappa shape index (κ1) is 16.2. The van der Waals surface area contributed by atoms with Gasteiger partial charge in [0, 0.05) is 16.7 Å². The van der Waals surface area contributed by atoms with Gasteiger partial charge >= 0.3 is 0 Å². The number of ketones is 1. The van der Waals surface area contributed by atoms with E-state index in [-0.39, 0.29) is 5.76 Å². The molecule has 0 saturated carbocycles. The second-order valence-electron chi connectivity index (χ2n) is 4.84. The number of rotatable bonds is 4. The summed E-state index contributed by atoms with van der Waals surface area (Å²) in [4.78, 5) is 28.1. The Kier molecular flexibility index (Phi) is 4.59. The largest absolute Gasteiger partial charge is 0.507 e. The summed E-state index contributed by atoms with van der Waals surface area (Å²) in [6.07, 6.45) is 0.867. The molecule has 1 amide bonds. The minimum atomic E-state index is -0.873. The Balaban J connectivity index is 1.73. The summed E-state index contributed by atoms with van der Waals surface area (Å²) < 4.78 is 0.903. The molecule has 3 rings (SSSR count). The Bertz CT molecular complexity index is 915. The molecule has 5 nitrogen and oxygen atoms in total. The van der Waals surface area contributed by atoms with Gasteiger partial charge in [-0.05, 0) is 36.4 Å². The standard InChI is InChI=1S/C17H11ClN2O3S/c18-11-7-5-10(6-8-11)13(21)9-14(22)16(23)20-17-19-12-3-1-2-4-15(12)24-17/h1-9,21H,(H,19,20,23). The summed E-state index contributed by atoms with van der Waals surface area (Å²) >= 11 is 7.03. The lowest BCUT2D eigenvalue weighted by molar-refractivity contribution is -0.131. The smallest absolute Gasteiger partial charge is 0.298 e. The van der Waals surface area contributed by atoms with Crippen molar-refractivity contribution in [3.63, 3.8) is 0 Å². The third kappa shape index (κ3) is 3.61. The zero-order valence-electron chi connectivity index (χ0n) is 12.2. The predicted octanol–water partition coefficient (Wildman–Crippen LogP) is 4.06. The predicted molar refractivity (Wildman–Crippen MR) is 95.3 cm³/mol. The minimum Gasteiger partial charge on any atom is -0.507 e. The number of hydrogen-bond donors (Lipinski definition) is 2. The fourth-order valence-electron chi connectivity index (χ4n) is 1.98. The molecule has 0 aliphatic heterocycles. The van der Waals surface area contributed by atoms with Crippen LogP contribution in [-0.2, 0) is 9.59 Å². The molecule has 0 spiro atoms. The number of carbonyl (C=O) groups is 2. The maximum absolute atomic E-state index is 11.9. The van der Waals surface area contributed by atoms with Gasteiger partial charge in [-0.3, -0.25) is 14.9 Å². The molecule has 0 radical (unpaired) electrons. The van der Waals surface area contributed by atoms with Crippen molar-refractivity contribution in [2.75, 3.05) is 5.32 Å². The highest BCUT2D eigenvalue weighted by atomic mass is 35.5. The van der Waals surface area contributed by atoms with Crippen LogP contribution in [0.2, 0.25) is 5.02 Å². The monoisotopic (exact) mass is 358 g/mol. The summed E-state index contributed by atoms with van der Waals surface area (Å²) in [6.45, 7) is 0. The van der Waals surface area contributed by atoms with Gasteiger partial charge < -0.3 is 5.11 Å². The van der Waals surface area contributed by atoms with Crippen LogP contribution in [0, 0.1) is 0 Å². The molecule has 7 heteroatoms. The number of para-hydroxylation sites is 1. The highest BCUT2D eigenvalue weighted by molar-refractivity contribution is 7.22.